The number of amides is 1. The van der Waals surface area contributed by atoms with Crippen molar-refractivity contribution >= 4 is 5.91 Å². The van der Waals surface area contributed by atoms with Gasteiger partial charge in [-0.05, 0) is 25.8 Å². The van der Waals surface area contributed by atoms with Gasteiger partial charge in [0.2, 0.25) is 5.91 Å². The van der Waals surface area contributed by atoms with Crippen molar-refractivity contribution in [2.75, 3.05) is 13.2 Å². The molecule has 5 nitrogen and oxygen atoms in total. The second kappa shape index (κ2) is 11.6. The number of ether oxygens (including phenoxy) is 1. The van der Waals surface area contributed by atoms with Crippen LogP contribution in [-0.2, 0) is 11.4 Å². The number of benzene rings is 1. The minimum absolute atomic E-state index is 0.0583. The molecule has 0 heterocycles. The van der Waals surface area contributed by atoms with Gasteiger partial charge in [-0.3, -0.25) is 4.79 Å². The highest BCUT2D eigenvalue weighted by atomic mass is 19.3. The summed E-state index contributed by atoms with van der Waals surface area (Å²) in [5.41, 5.74) is 0.157. The highest BCUT2D eigenvalue weighted by Gasteiger charge is 2.57. The van der Waals surface area contributed by atoms with Crippen LogP contribution in [0.2, 0.25) is 0 Å². The maximum atomic E-state index is 13.2. The monoisotopic (exact) mass is 430 g/mol. The molecule has 3 rings (SSSR count). The smallest absolute Gasteiger partial charge is 0.255 e. The zero-order chi connectivity index (χ0) is 22.1. The maximum absolute atomic E-state index is 13.2. The van der Waals surface area contributed by atoms with Crippen molar-refractivity contribution in [1.29, 1.82) is 0 Å². The highest BCUT2D eigenvalue weighted by Crippen LogP contribution is 2.48. The van der Waals surface area contributed by atoms with Gasteiger partial charge in [0.15, 0.2) is 0 Å². The number of alkyl halides is 2. The van der Waals surface area contributed by atoms with Crippen LogP contribution in [0.1, 0.15) is 57.9 Å². The number of hydrogen-bond acceptors (Lipinski definition) is 4. The van der Waals surface area contributed by atoms with Crippen LogP contribution in [0.5, 0.6) is 5.75 Å². The summed E-state index contributed by atoms with van der Waals surface area (Å²) in [5.74, 6) is -3.71. The summed E-state index contributed by atoms with van der Waals surface area (Å²) in [6.07, 6.45) is 6.53. The minimum Gasteiger partial charge on any atom is -0.493 e. The van der Waals surface area contributed by atoms with Gasteiger partial charge in [-0.2, -0.15) is 0 Å². The van der Waals surface area contributed by atoms with Crippen LogP contribution < -0.4 is 15.4 Å². The lowest BCUT2D eigenvalue weighted by Gasteiger charge is -2.24. The Morgan fingerprint density at radius 2 is 1.97 bits per heavy atom. The van der Waals surface area contributed by atoms with Gasteiger partial charge in [0.1, 0.15) is 11.6 Å². The van der Waals surface area contributed by atoms with Gasteiger partial charge in [0.05, 0.1) is 19.1 Å². The number of carbonyl (C=O) groups is 1. The average Bonchev–Trinajstić information content (AvgIpc) is 3.32. The standard InChI is InChI=1S/C11H11F3O2.C11H22N2O/c12-10-3-9(2-1-7(10)5-15)16-6-8-4-11(8,13)14;1-9(13-10(2)14)8-12-11-6-4-3-5-7-11/h1-3,8,15H,4-6H2;9,11-12H,3-8H2,1-2H3,(H,13,14)/t;9-/m.0/s1. The fourth-order valence-corrected chi connectivity index (χ4v) is 3.44. The Kier molecular flexibility index (Phi) is 9.42. The van der Waals surface area contributed by atoms with Crippen molar-refractivity contribution in [1.82, 2.24) is 10.6 Å². The molecule has 2 fully saturated rings. The number of nitrogens with one attached hydrogen (secondary N) is 2. The van der Waals surface area contributed by atoms with E-state index in [0.29, 0.717) is 6.04 Å². The van der Waals surface area contributed by atoms with Crippen LogP contribution in [0.3, 0.4) is 0 Å². The van der Waals surface area contributed by atoms with Crippen molar-refractivity contribution in [3.8, 4) is 5.75 Å². The third kappa shape index (κ3) is 8.52. The molecule has 1 unspecified atom stereocenters. The zero-order valence-corrected chi connectivity index (χ0v) is 17.7. The molecule has 1 amide bonds. The summed E-state index contributed by atoms with van der Waals surface area (Å²) in [6, 6.07) is 4.84. The van der Waals surface area contributed by atoms with E-state index in [-0.39, 0.29) is 36.3 Å². The summed E-state index contributed by atoms with van der Waals surface area (Å²) >= 11 is 0. The molecule has 0 radical (unpaired) electrons. The first kappa shape index (κ1) is 24.5. The summed E-state index contributed by atoms with van der Waals surface area (Å²) < 4.78 is 43.2. The summed E-state index contributed by atoms with van der Waals surface area (Å²) in [4.78, 5) is 10.8. The SMILES string of the molecule is CC(=O)N[C@@H](C)CNC1CCCCC1.OCc1ccc(OCC2CC2(F)F)cc1F. The predicted molar refractivity (Wildman–Crippen MR) is 109 cm³/mol. The third-order valence-electron chi connectivity index (χ3n) is 5.37. The number of aliphatic hydroxyl groups is 1. The molecule has 2 atom stereocenters. The van der Waals surface area contributed by atoms with Crippen molar-refractivity contribution in [3.05, 3.63) is 29.6 Å². The molecule has 170 valence electrons. The number of aliphatic hydroxyl groups excluding tert-OH is 1. The first-order chi connectivity index (χ1) is 14.2. The maximum Gasteiger partial charge on any atom is 0.255 e. The van der Waals surface area contributed by atoms with Crippen molar-refractivity contribution in [3.63, 3.8) is 0 Å². The summed E-state index contributed by atoms with van der Waals surface area (Å²) in [5, 5.41) is 15.1. The largest absolute Gasteiger partial charge is 0.493 e. The molecule has 30 heavy (non-hydrogen) atoms. The zero-order valence-electron chi connectivity index (χ0n) is 17.7. The number of halogens is 3. The van der Waals surface area contributed by atoms with E-state index in [1.165, 1.54) is 44.2 Å². The Labute approximate surface area is 176 Å². The van der Waals surface area contributed by atoms with Gasteiger partial charge in [-0.15, -0.1) is 0 Å². The number of hydrogen-bond donors (Lipinski definition) is 3. The molecule has 0 saturated heterocycles. The highest BCUT2D eigenvalue weighted by molar-refractivity contribution is 5.73. The fraction of sp³-hybridized carbons (Fsp3) is 0.682. The Bertz CT molecular complexity index is 682. The molecule has 2 aliphatic rings. The first-order valence-electron chi connectivity index (χ1n) is 10.6. The molecule has 1 aromatic rings. The van der Waals surface area contributed by atoms with Gasteiger partial charge in [0.25, 0.3) is 5.92 Å². The van der Waals surface area contributed by atoms with E-state index in [4.69, 9.17) is 9.84 Å². The van der Waals surface area contributed by atoms with Gasteiger partial charge in [-0.25, -0.2) is 13.2 Å². The van der Waals surface area contributed by atoms with Gasteiger partial charge >= 0.3 is 0 Å². The van der Waals surface area contributed by atoms with Crippen LogP contribution >= 0.6 is 0 Å². The Balaban J connectivity index is 0.000000216. The van der Waals surface area contributed by atoms with E-state index < -0.39 is 24.3 Å². The molecule has 1 aromatic carbocycles. The Morgan fingerprint density at radius 1 is 1.30 bits per heavy atom. The fourth-order valence-electron chi connectivity index (χ4n) is 3.44. The van der Waals surface area contributed by atoms with Crippen molar-refractivity contribution in [2.24, 2.45) is 5.92 Å². The molecule has 0 aromatic heterocycles. The Hall–Kier alpha value is -1.80. The topological polar surface area (TPSA) is 70.6 Å². The van der Waals surface area contributed by atoms with E-state index in [1.54, 1.807) is 6.92 Å². The molecule has 3 N–H and O–H groups in total. The molecule has 2 saturated carbocycles. The second-order valence-corrected chi connectivity index (χ2v) is 8.23. The average molecular weight is 431 g/mol. The molecule has 2 aliphatic carbocycles. The predicted octanol–water partition coefficient (Wildman–Crippen LogP) is 3.79. The van der Waals surface area contributed by atoms with E-state index in [2.05, 4.69) is 10.6 Å². The molecule has 8 heteroatoms. The third-order valence-corrected chi connectivity index (χ3v) is 5.37. The van der Waals surface area contributed by atoms with Crippen LogP contribution in [0.25, 0.3) is 0 Å². The second-order valence-electron chi connectivity index (χ2n) is 8.23. The molecule has 0 spiro atoms. The van der Waals surface area contributed by atoms with Crippen LogP contribution in [0, 0.1) is 11.7 Å². The van der Waals surface area contributed by atoms with E-state index in [1.807, 2.05) is 6.92 Å². The van der Waals surface area contributed by atoms with Gasteiger partial charge in [-0.1, -0.05) is 25.3 Å². The molecule has 0 aliphatic heterocycles. The van der Waals surface area contributed by atoms with E-state index >= 15 is 0 Å². The quantitative estimate of drug-likeness (QED) is 0.587. The minimum atomic E-state index is -2.62. The van der Waals surface area contributed by atoms with Crippen LogP contribution in [0.15, 0.2) is 18.2 Å². The van der Waals surface area contributed by atoms with E-state index in [9.17, 15) is 18.0 Å². The normalized spacial score (nSPS) is 21.2. The number of carbonyl (C=O) groups excluding carboxylic acids is 1. The van der Waals surface area contributed by atoms with Crippen LogP contribution in [0.4, 0.5) is 13.2 Å². The van der Waals surface area contributed by atoms with E-state index in [0.717, 1.165) is 12.6 Å². The Morgan fingerprint density at radius 3 is 2.50 bits per heavy atom. The lowest BCUT2D eigenvalue weighted by molar-refractivity contribution is -0.119. The first-order valence-corrected chi connectivity index (χ1v) is 10.6. The molecular weight excluding hydrogens is 397 g/mol. The summed E-state index contributed by atoms with van der Waals surface area (Å²) in [6.45, 7) is 4.00. The number of rotatable bonds is 8. The summed E-state index contributed by atoms with van der Waals surface area (Å²) in [7, 11) is 0. The van der Waals surface area contributed by atoms with Crippen molar-refractivity contribution in [2.45, 2.75) is 77.0 Å². The lowest BCUT2D eigenvalue weighted by Crippen LogP contribution is -2.43. The van der Waals surface area contributed by atoms with Gasteiger partial charge < -0.3 is 20.5 Å². The van der Waals surface area contributed by atoms with Crippen LogP contribution in [-0.4, -0.2) is 42.2 Å². The molecule has 0 bridgehead atoms. The van der Waals surface area contributed by atoms with Crippen molar-refractivity contribution < 1.29 is 27.8 Å². The van der Waals surface area contributed by atoms with Gasteiger partial charge in [0, 0.05) is 43.6 Å². The lowest BCUT2D eigenvalue weighted by atomic mass is 9.95. The molecular formula is C22H33F3N2O3.